The SMILES string of the molecule is O=c1ncc2cc([C@@H]3O[C@H](COP(=O)(O)OP(=O)(O)OP(=O)(O)O)[C@H](O)C3O)c(=O)[nH]c2[nH]1. The van der Waals surface area contributed by atoms with Crippen LogP contribution in [0.5, 0.6) is 0 Å². The average Bonchev–Trinajstić information content (AvgIpc) is 2.91. The van der Waals surface area contributed by atoms with E-state index in [1.165, 1.54) is 6.07 Å². The van der Waals surface area contributed by atoms with Crippen LogP contribution in [0.15, 0.2) is 21.9 Å². The third kappa shape index (κ3) is 6.49. The summed E-state index contributed by atoms with van der Waals surface area (Å²) in [6, 6.07) is 1.21. The average molecular weight is 535 g/mol. The maximum atomic E-state index is 12.3. The van der Waals surface area contributed by atoms with Crippen molar-refractivity contribution in [3.8, 4) is 0 Å². The van der Waals surface area contributed by atoms with Crippen LogP contribution in [0.1, 0.15) is 11.7 Å². The Balaban J connectivity index is 1.73. The van der Waals surface area contributed by atoms with Gasteiger partial charge in [-0.1, -0.05) is 0 Å². The lowest BCUT2D eigenvalue weighted by atomic mass is 10.0. The van der Waals surface area contributed by atoms with Crippen LogP contribution in [-0.4, -0.2) is 69.7 Å². The third-order valence-electron chi connectivity index (χ3n) is 4.14. The number of hydrogen-bond donors (Lipinski definition) is 8. The summed E-state index contributed by atoms with van der Waals surface area (Å²) in [7, 11) is -16.8. The molecule has 0 aliphatic carbocycles. The number of phosphoric ester groups is 1. The number of aromatic nitrogens is 3. The summed E-state index contributed by atoms with van der Waals surface area (Å²) >= 11 is 0. The Bertz CT molecular complexity index is 1300. The molecule has 1 aliphatic heterocycles. The zero-order valence-electron chi connectivity index (χ0n) is 15.8. The van der Waals surface area contributed by atoms with Gasteiger partial charge in [0.05, 0.1) is 6.61 Å². The predicted molar refractivity (Wildman–Crippen MR) is 102 cm³/mol. The minimum absolute atomic E-state index is 0.0287. The van der Waals surface area contributed by atoms with Crippen LogP contribution in [-0.2, 0) is 31.6 Å². The number of phosphoric acid groups is 3. The van der Waals surface area contributed by atoms with E-state index in [-0.39, 0.29) is 16.6 Å². The van der Waals surface area contributed by atoms with E-state index in [1.807, 2.05) is 0 Å². The largest absolute Gasteiger partial charge is 0.490 e. The van der Waals surface area contributed by atoms with Gasteiger partial charge in [0.25, 0.3) is 5.56 Å². The summed E-state index contributed by atoms with van der Waals surface area (Å²) in [6.45, 7) is -1.04. The van der Waals surface area contributed by atoms with E-state index in [0.717, 1.165) is 6.20 Å². The molecule has 0 bridgehead atoms. The van der Waals surface area contributed by atoms with Crippen LogP contribution in [0.4, 0.5) is 0 Å². The fourth-order valence-corrected chi connectivity index (χ4v) is 5.89. The topological polar surface area (TPSA) is 288 Å². The Morgan fingerprint density at radius 2 is 1.67 bits per heavy atom. The quantitative estimate of drug-likeness (QED) is 0.172. The summed E-state index contributed by atoms with van der Waals surface area (Å²) in [5, 5.41) is 20.6. The molecule has 2 aromatic heterocycles. The Morgan fingerprint density at radius 3 is 2.30 bits per heavy atom. The number of aliphatic hydroxyl groups excluding tert-OH is 2. The molecular weight excluding hydrogens is 519 g/mol. The monoisotopic (exact) mass is 535 g/mol. The summed E-state index contributed by atoms with van der Waals surface area (Å²) in [6.07, 6.45) is -5.45. The van der Waals surface area contributed by atoms with Crippen LogP contribution in [0.3, 0.4) is 0 Å². The summed E-state index contributed by atoms with van der Waals surface area (Å²) in [4.78, 5) is 67.3. The van der Waals surface area contributed by atoms with Crippen molar-refractivity contribution in [3.05, 3.63) is 38.7 Å². The molecule has 1 fully saturated rings. The van der Waals surface area contributed by atoms with Gasteiger partial charge in [-0.05, 0) is 6.07 Å². The van der Waals surface area contributed by atoms with Crippen molar-refractivity contribution in [2.24, 2.45) is 0 Å². The maximum Gasteiger partial charge on any atom is 0.490 e. The normalized spacial score (nSPS) is 27.3. The number of hydrogen-bond acceptors (Lipinski definition) is 12. The molecule has 0 aromatic carbocycles. The van der Waals surface area contributed by atoms with Crippen LogP contribution in [0.25, 0.3) is 11.0 Å². The smallest absolute Gasteiger partial charge is 0.387 e. The molecule has 3 heterocycles. The van der Waals surface area contributed by atoms with Crippen molar-refractivity contribution in [1.29, 1.82) is 0 Å². The second-order valence-electron chi connectivity index (χ2n) is 6.54. The van der Waals surface area contributed by atoms with E-state index in [4.69, 9.17) is 19.4 Å². The number of H-pyrrole nitrogens is 2. The number of aromatic amines is 2. The Labute approximate surface area is 181 Å². The van der Waals surface area contributed by atoms with E-state index in [9.17, 15) is 38.4 Å². The van der Waals surface area contributed by atoms with Gasteiger partial charge in [0.15, 0.2) is 0 Å². The highest BCUT2D eigenvalue weighted by molar-refractivity contribution is 7.66. The molecule has 0 radical (unpaired) electrons. The number of rotatable bonds is 8. The fraction of sp³-hybridized carbons (Fsp3) is 0.417. The molecular formula is C12H16N3O15P3. The van der Waals surface area contributed by atoms with Crippen molar-refractivity contribution in [2.75, 3.05) is 6.61 Å². The van der Waals surface area contributed by atoms with Crippen LogP contribution in [0, 0.1) is 0 Å². The van der Waals surface area contributed by atoms with Gasteiger partial charge in [-0.25, -0.2) is 23.5 Å². The number of ether oxygens (including phenoxy) is 1. The van der Waals surface area contributed by atoms with Crippen molar-refractivity contribution in [3.63, 3.8) is 0 Å². The van der Waals surface area contributed by atoms with E-state index in [0.29, 0.717) is 0 Å². The molecule has 0 saturated carbocycles. The Kier molecular flexibility index (Phi) is 7.25. The Morgan fingerprint density at radius 1 is 1.00 bits per heavy atom. The maximum absolute atomic E-state index is 12.3. The number of pyridine rings is 1. The van der Waals surface area contributed by atoms with Gasteiger partial charge in [-0.2, -0.15) is 8.62 Å². The van der Waals surface area contributed by atoms with Gasteiger partial charge in [0.2, 0.25) is 0 Å². The second-order valence-corrected chi connectivity index (χ2v) is 11.0. The highest BCUT2D eigenvalue weighted by atomic mass is 31.3. The fourth-order valence-electron chi connectivity index (χ4n) is 2.86. The lowest BCUT2D eigenvalue weighted by molar-refractivity contribution is -0.0225. The first kappa shape index (κ1) is 26.0. The van der Waals surface area contributed by atoms with E-state index >= 15 is 0 Å². The molecule has 8 N–H and O–H groups in total. The predicted octanol–water partition coefficient (Wildman–Crippen LogP) is -1.88. The Hall–Kier alpha value is -1.62. The van der Waals surface area contributed by atoms with Crippen LogP contribution < -0.4 is 11.2 Å². The molecule has 0 amide bonds. The van der Waals surface area contributed by atoms with Gasteiger partial charge >= 0.3 is 29.2 Å². The van der Waals surface area contributed by atoms with Crippen molar-refractivity contribution in [2.45, 2.75) is 24.4 Å². The highest BCUT2D eigenvalue weighted by Crippen LogP contribution is 2.66. The number of nitrogens with zero attached hydrogens (tertiary/aromatic N) is 1. The zero-order chi connectivity index (χ0) is 24.8. The van der Waals surface area contributed by atoms with Gasteiger partial charge in [0.1, 0.15) is 30.1 Å². The van der Waals surface area contributed by atoms with Crippen LogP contribution >= 0.6 is 23.5 Å². The molecule has 18 nitrogen and oxygen atoms in total. The number of nitrogens with one attached hydrogen (secondary N) is 2. The van der Waals surface area contributed by atoms with Gasteiger partial charge in [0, 0.05) is 17.1 Å². The molecule has 3 rings (SSSR count). The zero-order valence-corrected chi connectivity index (χ0v) is 18.5. The third-order valence-corrected chi connectivity index (χ3v) is 7.94. The first-order valence-corrected chi connectivity index (χ1v) is 13.0. The van der Waals surface area contributed by atoms with Gasteiger partial charge in [-0.15, -0.1) is 0 Å². The second kappa shape index (κ2) is 9.20. The van der Waals surface area contributed by atoms with Gasteiger partial charge < -0.3 is 39.5 Å². The molecule has 184 valence electrons. The molecule has 2 aromatic rings. The minimum Gasteiger partial charge on any atom is -0.387 e. The summed E-state index contributed by atoms with van der Waals surface area (Å²) in [5.41, 5.74) is -1.72. The molecule has 1 aliphatic rings. The lowest BCUT2D eigenvalue weighted by Crippen LogP contribution is -2.33. The molecule has 6 atom stereocenters. The van der Waals surface area contributed by atoms with E-state index in [2.05, 4.69) is 28.1 Å². The number of fused-ring (bicyclic) bond motifs is 1. The van der Waals surface area contributed by atoms with Crippen molar-refractivity contribution >= 4 is 34.5 Å². The molecule has 0 spiro atoms. The van der Waals surface area contributed by atoms with Crippen molar-refractivity contribution < 1.29 is 61.4 Å². The van der Waals surface area contributed by atoms with E-state index in [1.54, 1.807) is 0 Å². The number of aliphatic hydroxyl groups is 2. The lowest BCUT2D eigenvalue weighted by Gasteiger charge is -2.19. The van der Waals surface area contributed by atoms with Crippen LogP contribution in [0.2, 0.25) is 0 Å². The summed E-state index contributed by atoms with van der Waals surface area (Å²) in [5.74, 6) is 0. The molecule has 1 saturated heterocycles. The molecule has 33 heavy (non-hydrogen) atoms. The minimum atomic E-state index is -5.75. The standard InChI is InChI=1S/C12H16N3O15P3/c16-7-6(3-27-32(23,24)30-33(25,26)29-31(20,21)22)28-9(8(7)17)5-1-4-2-13-12(19)15-10(4)14-11(5)18/h1-2,6-9,16-17H,3H2,(H,23,24)(H,25,26)(H2,20,21,22)(H2,13,14,15,18,19)/t6-,7+,8?,9+/m1/s1. The van der Waals surface area contributed by atoms with Gasteiger partial charge in [-0.3, -0.25) is 14.3 Å². The summed E-state index contributed by atoms with van der Waals surface area (Å²) < 4.78 is 50.5. The first-order valence-electron chi connectivity index (χ1n) is 8.49. The van der Waals surface area contributed by atoms with E-state index < -0.39 is 65.7 Å². The first-order chi connectivity index (χ1) is 15.1. The molecule has 21 heteroatoms. The molecule has 3 unspecified atom stereocenters. The highest BCUT2D eigenvalue weighted by Gasteiger charge is 2.47. The van der Waals surface area contributed by atoms with Crippen molar-refractivity contribution in [1.82, 2.24) is 15.0 Å².